The molecule has 1 aliphatic heterocycles. The summed E-state index contributed by atoms with van der Waals surface area (Å²) in [5.74, 6) is -0.239. The maximum Gasteiger partial charge on any atom is 0.243 e. The average molecular weight is 357 g/mol. The molecule has 1 aliphatic rings. The van der Waals surface area contributed by atoms with Crippen molar-refractivity contribution >= 4 is 27.5 Å². The predicted molar refractivity (Wildman–Crippen MR) is 85.4 cm³/mol. The fourth-order valence-corrected chi connectivity index (χ4v) is 3.65. The standard InChI is InChI=1S/C14H17ClN4O3S/c1-18(10-14(20)19-6-4-17-5-7-19)23(21,22)12-3-2-11(9-16)13(15)8-12/h2-3,8,17H,4-7,10H2,1H3. The Labute approximate surface area is 140 Å². The molecule has 124 valence electrons. The predicted octanol–water partition coefficient (Wildman–Crippen LogP) is 0.264. The number of rotatable bonds is 4. The Hall–Kier alpha value is -1.66. The molecular formula is C14H17ClN4O3S. The third kappa shape index (κ3) is 4.00. The van der Waals surface area contributed by atoms with E-state index < -0.39 is 10.0 Å². The molecule has 1 N–H and O–H groups in total. The number of hydrogen-bond donors (Lipinski definition) is 1. The number of nitrogens with zero attached hydrogens (tertiary/aromatic N) is 3. The number of halogens is 1. The monoisotopic (exact) mass is 356 g/mol. The highest BCUT2D eigenvalue weighted by Crippen LogP contribution is 2.22. The number of hydrogen-bond acceptors (Lipinski definition) is 5. The third-order valence-electron chi connectivity index (χ3n) is 3.60. The Morgan fingerprint density at radius 2 is 2.09 bits per heavy atom. The van der Waals surface area contributed by atoms with Gasteiger partial charge in [0.05, 0.1) is 22.0 Å². The summed E-state index contributed by atoms with van der Waals surface area (Å²) in [6, 6.07) is 5.75. The molecule has 0 unspecified atom stereocenters. The zero-order valence-electron chi connectivity index (χ0n) is 12.6. The minimum atomic E-state index is -3.84. The van der Waals surface area contributed by atoms with Crippen molar-refractivity contribution in [1.29, 1.82) is 5.26 Å². The van der Waals surface area contributed by atoms with E-state index in [0.29, 0.717) is 26.2 Å². The van der Waals surface area contributed by atoms with Crippen LogP contribution in [0.3, 0.4) is 0 Å². The lowest BCUT2D eigenvalue weighted by atomic mass is 10.2. The van der Waals surface area contributed by atoms with Crippen LogP contribution in [-0.2, 0) is 14.8 Å². The first kappa shape index (κ1) is 17.7. The maximum absolute atomic E-state index is 12.5. The van der Waals surface area contributed by atoms with Gasteiger partial charge in [-0.15, -0.1) is 0 Å². The first-order valence-electron chi connectivity index (χ1n) is 7.00. The van der Waals surface area contributed by atoms with Crippen molar-refractivity contribution in [2.75, 3.05) is 39.8 Å². The molecule has 2 rings (SSSR count). The zero-order valence-corrected chi connectivity index (χ0v) is 14.2. The first-order chi connectivity index (χ1) is 10.9. The molecule has 1 aromatic rings. The number of nitriles is 1. The van der Waals surface area contributed by atoms with E-state index in [-0.39, 0.29) is 27.9 Å². The Morgan fingerprint density at radius 3 is 2.65 bits per heavy atom. The summed E-state index contributed by atoms with van der Waals surface area (Å²) in [7, 11) is -2.50. The molecule has 0 radical (unpaired) electrons. The number of nitrogens with one attached hydrogen (secondary N) is 1. The van der Waals surface area contributed by atoms with Crippen molar-refractivity contribution < 1.29 is 13.2 Å². The van der Waals surface area contributed by atoms with Gasteiger partial charge in [-0.3, -0.25) is 4.79 Å². The maximum atomic E-state index is 12.5. The normalized spacial score (nSPS) is 15.5. The second-order valence-electron chi connectivity index (χ2n) is 5.15. The summed E-state index contributed by atoms with van der Waals surface area (Å²) in [5.41, 5.74) is 0.199. The van der Waals surface area contributed by atoms with Crippen LogP contribution in [0.1, 0.15) is 5.56 Å². The van der Waals surface area contributed by atoms with Crippen molar-refractivity contribution in [3.8, 4) is 6.07 Å². The highest BCUT2D eigenvalue weighted by molar-refractivity contribution is 7.89. The zero-order chi connectivity index (χ0) is 17.0. The summed E-state index contributed by atoms with van der Waals surface area (Å²) in [6.07, 6.45) is 0. The van der Waals surface area contributed by atoms with E-state index >= 15 is 0 Å². The molecule has 1 amide bonds. The number of amides is 1. The Kier molecular flexibility index (Phi) is 5.59. The minimum Gasteiger partial charge on any atom is -0.339 e. The van der Waals surface area contributed by atoms with Gasteiger partial charge in [-0.25, -0.2) is 8.42 Å². The number of benzene rings is 1. The van der Waals surface area contributed by atoms with E-state index in [1.807, 2.05) is 6.07 Å². The molecule has 1 heterocycles. The van der Waals surface area contributed by atoms with Crippen LogP contribution in [0, 0.1) is 11.3 Å². The van der Waals surface area contributed by atoms with Crippen LogP contribution in [0.25, 0.3) is 0 Å². The van der Waals surface area contributed by atoms with E-state index in [9.17, 15) is 13.2 Å². The van der Waals surface area contributed by atoms with Crippen molar-refractivity contribution in [2.45, 2.75) is 4.90 Å². The molecule has 9 heteroatoms. The van der Waals surface area contributed by atoms with E-state index in [2.05, 4.69) is 5.32 Å². The van der Waals surface area contributed by atoms with Crippen molar-refractivity contribution in [3.05, 3.63) is 28.8 Å². The van der Waals surface area contributed by atoms with Gasteiger partial charge in [-0.05, 0) is 18.2 Å². The molecule has 0 bridgehead atoms. The molecule has 0 spiro atoms. The van der Waals surface area contributed by atoms with E-state index in [4.69, 9.17) is 16.9 Å². The van der Waals surface area contributed by atoms with Gasteiger partial charge in [0.15, 0.2) is 0 Å². The topological polar surface area (TPSA) is 93.5 Å². The Balaban J connectivity index is 2.13. The second-order valence-corrected chi connectivity index (χ2v) is 7.60. The summed E-state index contributed by atoms with van der Waals surface area (Å²) >= 11 is 5.88. The number of carbonyl (C=O) groups is 1. The lowest BCUT2D eigenvalue weighted by Gasteiger charge is -2.29. The van der Waals surface area contributed by atoms with Gasteiger partial charge in [0.2, 0.25) is 15.9 Å². The Bertz CT molecular complexity index is 739. The van der Waals surface area contributed by atoms with Crippen LogP contribution in [0.15, 0.2) is 23.1 Å². The molecule has 0 aliphatic carbocycles. The summed E-state index contributed by atoms with van der Waals surface area (Å²) in [6.45, 7) is 2.30. The molecule has 7 nitrogen and oxygen atoms in total. The van der Waals surface area contributed by atoms with Gasteiger partial charge in [0, 0.05) is 33.2 Å². The van der Waals surface area contributed by atoms with Gasteiger partial charge >= 0.3 is 0 Å². The number of sulfonamides is 1. The van der Waals surface area contributed by atoms with E-state index in [0.717, 1.165) is 4.31 Å². The summed E-state index contributed by atoms with van der Waals surface area (Å²) in [4.78, 5) is 13.8. The smallest absolute Gasteiger partial charge is 0.243 e. The van der Waals surface area contributed by atoms with E-state index in [1.54, 1.807) is 4.90 Å². The van der Waals surface area contributed by atoms with Gasteiger partial charge in [0.25, 0.3) is 0 Å². The van der Waals surface area contributed by atoms with Gasteiger partial charge in [-0.1, -0.05) is 11.6 Å². The largest absolute Gasteiger partial charge is 0.339 e. The van der Waals surface area contributed by atoms with E-state index in [1.165, 1.54) is 25.2 Å². The van der Waals surface area contributed by atoms with Crippen LogP contribution in [0.4, 0.5) is 0 Å². The fraction of sp³-hybridized carbons (Fsp3) is 0.429. The summed E-state index contributed by atoms with van der Waals surface area (Å²) < 4.78 is 26.0. The number of piperazine rings is 1. The van der Waals surface area contributed by atoms with Gasteiger partial charge < -0.3 is 10.2 Å². The van der Waals surface area contributed by atoms with Crippen LogP contribution < -0.4 is 5.32 Å². The van der Waals surface area contributed by atoms with Crippen molar-refractivity contribution in [2.24, 2.45) is 0 Å². The average Bonchev–Trinajstić information content (AvgIpc) is 2.55. The molecule has 1 saturated heterocycles. The van der Waals surface area contributed by atoms with Crippen LogP contribution in [-0.4, -0.2) is 63.3 Å². The molecule has 0 aromatic heterocycles. The second kappa shape index (κ2) is 7.27. The van der Waals surface area contributed by atoms with Crippen LogP contribution in [0.5, 0.6) is 0 Å². The van der Waals surface area contributed by atoms with Crippen LogP contribution in [0.2, 0.25) is 5.02 Å². The first-order valence-corrected chi connectivity index (χ1v) is 8.82. The highest BCUT2D eigenvalue weighted by atomic mass is 35.5. The fourth-order valence-electron chi connectivity index (χ4n) is 2.22. The molecule has 1 aromatic carbocycles. The summed E-state index contributed by atoms with van der Waals surface area (Å²) in [5, 5.41) is 12.0. The molecular weight excluding hydrogens is 340 g/mol. The highest BCUT2D eigenvalue weighted by Gasteiger charge is 2.26. The molecule has 1 fully saturated rings. The van der Waals surface area contributed by atoms with Gasteiger partial charge in [-0.2, -0.15) is 9.57 Å². The molecule has 23 heavy (non-hydrogen) atoms. The lowest BCUT2D eigenvalue weighted by Crippen LogP contribution is -2.49. The van der Waals surface area contributed by atoms with Gasteiger partial charge in [0.1, 0.15) is 6.07 Å². The number of carbonyl (C=O) groups excluding carboxylic acids is 1. The van der Waals surface area contributed by atoms with Crippen molar-refractivity contribution in [1.82, 2.24) is 14.5 Å². The Morgan fingerprint density at radius 1 is 1.43 bits per heavy atom. The SMILES string of the molecule is CN(CC(=O)N1CCNCC1)S(=O)(=O)c1ccc(C#N)c(Cl)c1. The quantitative estimate of drug-likeness (QED) is 0.835. The van der Waals surface area contributed by atoms with Crippen LogP contribution >= 0.6 is 11.6 Å². The number of likely N-dealkylation sites (N-methyl/N-ethyl adjacent to an activating group) is 1. The molecule has 0 atom stereocenters. The lowest BCUT2D eigenvalue weighted by molar-refractivity contribution is -0.131. The third-order valence-corrected chi connectivity index (χ3v) is 5.71. The minimum absolute atomic E-state index is 0.0443. The van der Waals surface area contributed by atoms with Crippen molar-refractivity contribution in [3.63, 3.8) is 0 Å². The molecule has 0 saturated carbocycles.